The summed E-state index contributed by atoms with van der Waals surface area (Å²) < 4.78 is 5.69. The molecule has 0 aromatic heterocycles. The van der Waals surface area contributed by atoms with E-state index >= 15 is 0 Å². The van der Waals surface area contributed by atoms with E-state index < -0.39 is 0 Å². The van der Waals surface area contributed by atoms with Gasteiger partial charge >= 0.3 is 0 Å². The first kappa shape index (κ1) is 22.5. The molecule has 2 N–H and O–H groups in total. The second kappa shape index (κ2) is 12.8. The number of guanidine groups is 1. The number of benzene rings is 1. The average Bonchev–Trinajstić information content (AvgIpc) is 2.64. The number of halogens is 1. The molecule has 0 aliphatic heterocycles. The van der Waals surface area contributed by atoms with Gasteiger partial charge in [0.25, 0.3) is 0 Å². The average molecular weight is 474 g/mol. The molecule has 0 bridgehead atoms. The van der Waals surface area contributed by atoms with Crippen LogP contribution in [-0.4, -0.2) is 56.6 Å². The van der Waals surface area contributed by atoms with Crippen molar-refractivity contribution in [1.82, 2.24) is 15.5 Å². The fraction of sp³-hybridized carbons (Fsp3) is 0.579. The number of nitrogens with one attached hydrogen (secondary N) is 2. The van der Waals surface area contributed by atoms with Crippen molar-refractivity contribution in [3.05, 3.63) is 30.3 Å². The first-order chi connectivity index (χ1) is 12.2. The molecule has 1 saturated carbocycles. The molecule has 0 unspecified atom stereocenters. The number of carbonyl (C=O) groups excluding carboxylic acids is 1. The second-order valence-electron chi connectivity index (χ2n) is 6.39. The van der Waals surface area contributed by atoms with Crippen LogP contribution in [0.1, 0.15) is 32.1 Å². The SMILES string of the molecule is CN=C(NCC(=O)NC1CCCCC1)N(C)CCOc1ccccc1.I. The summed E-state index contributed by atoms with van der Waals surface area (Å²) in [4.78, 5) is 18.3. The van der Waals surface area contributed by atoms with Crippen LogP contribution in [0, 0.1) is 0 Å². The lowest BCUT2D eigenvalue weighted by molar-refractivity contribution is -0.120. The van der Waals surface area contributed by atoms with Crippen LogP contribution in [0.3, 0.4) is 0 Å². The van der Waals surface area contributed by atoms with Gasteiger partial charge in [-0.15, -0.1) is 24.0 Å². The lowest BCUT2D eigenvalue weighted by Gasteiger charge is -2.24. The minimum atomic E-state index is 0. The summed E-state index contributed by atoms with van der Waals surface area (Å²) in [6.45, 7) is 1.47. The van der Waals surface area contributed by atoms with Gasteiger partial charge in [-0.1, -0.05) is 37.5 Å². The van der Waals surface area contributed by atoms with Gasteiger partial charge in [0.2, 0.25) is 5.91 Å². The summed E-state index contributed by atoms with van der Waals surface area (Å²) in [6, 6.07) is 10.1. The predicted octanol–water partition coefficient (Wildman–Crippen LogP) is 2.64. The maximum Gasteiger partial charge on any atom is 0.239 e. The summed E-state index contributed by atoms with van der Waals surface area (Å²) in [6.07, 6.45) is 5.90. The highest BCUT2D eigenvalue weighted by atomic mass is 127. The minimum absolute atomic E-state index is 0. The van der Waals surface area contributed by atoms with Crippen molar-refractivity contribution in [1.29, 1.82) is 0 Å². The summed E-state index contributed by atoms with van der Waals surface area (Å²) in [5.41, 5.74) is 0. The molecule has 26 heavy (non-hydrogen) atoms. The molecule has 146 valence electrons. The molecule has 1 fully saturated rings. The highest BCUT2D eigenvalue weighted by Gasteiger charge is 2.16. The van der Waals surface area contributed by atoms with Crippen molar-refractivity contribution in [3.63, 3.8) is 0 Å². The summed E-state index contributed by atoms with van der Waals surface area (Å²) in [5, 5.41) is 6.22. The Morgan fingerprint density at radius 1 is 1.23 bits per heavy atom. The van der Waals surface area contributed by atoms with Crippen LogP contribution in [0.25, 0.3) is 0 Å². The molecular formula is C19H31IN4O2. The molecule has 2 rings (SSSR count). The summed E-state index contributed by atoms with van der Waals surface area (Å²) in [5.74, 6) is 1.57. The Bertz CT molecular complexity index is 548. The molecular weight excluding hydrogens is 443 g/mol. The predicted molar refractivity (Wildman–Crippen MR) is 116 cm³/mol. The third-order valence-electron chi connectivity index (χ3n) is 4.39. The number of likely N-dealkylation sites (N-methyl/N-ethyl adjacent to an activating group) is 1. The van der Waals surface area contributed by atoms with Crippen molar-refractivity contribution >= 4 is 35.8 Å². The van der Waals surface area contributed by atoms with Gasteiger partial charge in [-0.3, -0.25) is 9.79 Å². The lowest BCUT2D eigenvalue weighted by Crippen LogP contribution is -2.47. The third kappa shape index (κ3) is 8.25. The fourth-order valence-corrected chi connectivity index (χ4v) is 2.99. The zero-order valence-corrected chi connectivity index (χ0v) is 18.1. The van der Waals surface area contributed by atoms with E-state index in [1.165, 1.54) is 19.3 Å². The van der Waals surface area contributed by atoms with Gasteiger partial charge in [-0.2, -0.15) is 0 Å². The molecule has 1 amide bonds. The number of nitrogens with zero attached hydrogens (tertiary/aromatic N) is 2. The molecule has 6 nitrogen and oxygen atoms in total. The largest absolute Gasteiger partial charge is 0.492 e. The van der Waals surface area contributed by atoms with Gasteiger partial charge in [0.1, 0.15) is 12.4 Å². The van der Waals surface area contributed by atoms with Crippen LogP contribution < -0.4 is 15.4 Å². The second-order valence-corrected chi connectivity index (χ2v) is 6.39. The highest BCUT2D eigenvalue weighted by Crippen LogP contribution is 2.17. The van der Waals surface area contributed by atoms with Gasteiger partial charge in [-0.25, -0.2) is 0 Å². The number of ether oxygens (including phenoxy) is 1. The molecule has 0 heterocycles. The highest BCUT2D eigenvalue weighted by molar-refractivity contribution is 14.0. The van der Waals surface area contributed by atoms with Crippen molar-refractivity contribution < 1.29 is 9.53 Å². The van der Waals surface area contributed by atoms with Crippen molar-refractivity contribution in [2.45, 2.75) is 38.1 Å². The molecule has 1 aromatic carbocycles. The molecule has 0 spiro atoms. The summed E-state index contributed by atoms with van der Waals surface area (Å²) >= 11 is 0. The Morgan fingerprint density at radius 2 is 1.92 bits per heavy atom. The number of para-hydroxylation sites is 1. The molecule has 7 heteroatoms. The van der Waals surface area contributed by atoms with Crippen LogP contribution in [0.15, 0.2) is 35.3 Å². The number of amides is 1. The van der Waals surface area contributed by atoms with Gasteiger partial charge in [0.05, 0.1) is 13.1 Å². The number of aliphatic imine (C=N–C) groups is 1. The smallest absolute Gasteiger partial charge is 0.239 e. The van der Waals surface area contributed by atoms with E-state index in [0.29, 0.717) is 25.2 Å². The van der Waals surface area contributed by atoms with Crippen molar-refractivity contribution in [2.75, 3.05) is 33.8 Å². The van der Waals surface area contributed by atoms with Crippen molar-refractivity contribution in [2.24, 2.45) is 4.99 Å². The molecule has 1 aliphatic rings. The first-order valence-corrected chi connectivity index (χ1v) is 9.08. The zero-order valence-electron chi connectivity index (χ0n) is 15.7. The minimum Gasteiger partial charge on any atom is -0.492 e. The van der Waals surface area contributed by atoms with Crippen LogP contribution in [-0.2, 0) is 4.79 Å². The van der Waals surface area contributed by atoms with E-state index in [0.717, 1.165) is 18.6 Å². The van der Waals surface area contributed by atoms with Crippen molar-refractivity contribution in [3.8, 4) is 5.75 Å². The Kier molecular flexibility index (Phi) is 11.1. The first-order valence-electron chi connectivity index (χ1n) is 9.08. The lowest BCUT2D eigenvalue weighted by atomic mass is 9.95. The Balaban J connectivity index is 0.00000338. The van der Waals surface area contributed by atoms with Gasteiger partial charge in [0, 0.05) is 20.1 Å². The third-order valence-corrected chi connectivity index (χ3v) is 4.39. The molecule has 0 saturated heterocycles. The Labute approximate surface area is 173 Å². The zero-order chi connectivity index (χ0) is 17.9. The van der Waals surface area contributed by atoms with Crippen LogP contribution in [0.5, 0.6) is 5.75 Å². The maximum absolute atomic E-state index is 12.1. The van der Waals surface area contributed by atoms with E-state index in [1.807, 2.05) is 42.3 Å². The summed E-state index contributed by atoms with van der Waals surface area (Å²) in [7, 11) is 3.65. The molecule has 0 radical (unpaired) electrons. The maximum atomic E-state index is 12.1. The number of rotatable bonds is 7. The topological polar surface area (TPSA) is 66.0 Å². The van der Waals surface area contributed by atoms with E-state index in [2.05, 4.69) is 15.6 Å². The van der Waals surface area contributed by atoms with E-state index in [-0.39, 0.29) is 36.4 Å². The Morgan fingerprint density at radius 3 is 2.58 bits per heavy atom. The molecule has 0 atom stereocenters. The number of hydrogen-bond acceptors (Lipinski definition) is 3. The number of carbonyl (C=O) groups is 1. The van der Waals surface area contributed by atoms with Crippen LogP contribution >= 0.6 is 24.0 Å². The fourth-order valence-electron chi connectivity index (χ4n) is 2.99. The van der Waals surface area contributed by atoms with E-state index in [1.54, 1.807) is 7.05 Å². The van der Waals surface area contributed by atoms with Crippen LogP contribution in [0.4, 0.5) is 0 Å². The van der Waals surface area contributed by atoms with Gasteiger partial charge in [0.15, 0.2) is 5.96 Å². The van der Waals surface area contributed by atoms with E-state index in [9.17, 15) is 4.79 Å². The van der Waals surface area contributed by atoms with Crippen LogP contribution in [0.2, 0.25) is 0 Å². The molecule has 1 aliphatic carbocycles. The number of hydrogen-bond donors (Lipinski definition) is 2. The normalized spacial score (nSPS) is 14.9. The van der Waals surface area contributed by atoms with Gasteiger partial charge in [-0.05, 0) is 25.0 Å². The van der Waals surface area contributed by atoms with E-state index in [4.69, 9.17) is 4.74 Å². The molecule has 1 aromatic rings. The monoisotopic (exact) mass is 474 g/mol. The Hall–Kier alpha value is -1.51. The quantitative estimate of drug-likeness (QED) is 0.363. The standard InChI is InChI=1S/C19H30N4O2.HI/c1-20-19(21-15-18(24)22-16-9-5-3-6-10-16)23(2)13-14-25-17-11-7-4-8-12-17;/h4,7-8,11-12,16H,3,5-6,9-10,13-15H2,1-2H3,(H,20,21)(H,22,24);1H. The van der Waals surface area contributed by atoms with Gasteiger partial charge < -0.3 is 20.3 Å².